The van der Waals surface area contributed by atoms with E-state index in [-0.39, 0.29) is 23.1 Å². The Bertz CT molecular complexity index is 759. The van der Waals surface area contributed by atoms with E-state index in [0.29, 0.717) is 13.1 Å². The third-order valence-electron chi connectivity index (χ3n) is 4.06. The first-order valence-electron chi connectivity index (χ1n) is 8.08. The number of hydrogen-bond donors (Lipinski definition) is 1. The molecule has 132 valence electrons. The molecule has 25 heavy (non-hydrogen) atoms. The molecule has 2 heterocycles. The summed E-state index contributed by atoms with van der Waals surface area (Å²) in [6.45, 7) is 1.39. The number of rotatable bonds is 3. The molecule has 1 amide bonds. The van der Waals surface area contributed by atoms with Crippen LogP contribution in [-0.2, 0) is 0 Å². The van der Waals surface area contributed by atoms with Crippen molar-refractivity contribution in [1.29, 1.82) is 0 Å². The Morgan fingerprint density at radius 1 is 0.960 bits per heavy atom. The van der Waals surface area contributed by atoms with Crippen molar-refractivity contribution in [3.63, 3.8) is 0 Å². The Morgan fingerprint density at radius 2 is 1.68 bits per heavy atom. The number of aromatic nitrogens is 2. The lowest BCUT2D eigenvalue weighted by Gasteiger charge is -2.19. The molecule has 1 aromatic carbocycles. The molecule has 1 N–H and O–H groups in total. The standard InChI is InChI=1S/C17H17F3N4O/c18-11-5-6-12(16(20)15(11)19)23-14-10-21-13(9-22-14)17(25)24-7-3-1-2-4-8-24/h5-6,9-10H,1-4,7-8H2,(H,22,23). The van der Waals surface area contributed by atoms with Gasteiger partial charge in [0.15, 0.2) is 17.5 Å². The zero-order valence-corrected chi connectivity index (χ0v) is 13.4. The van der Waals surface area contributed by atoms with Crippen LogP contribution in [0.2, 0.25) is 0 Å². The first-order chi connectivity index (χ1) is 12.1. The molecular weight excluding hydrogens is 333 g/mol. The minimum atomic E-state index is -1.56. The van der Waals surface area contributed by atoms with Gasteiger partial charge < -0.3 is 10.2 Å². The van der Waals surface area contributed by atoms with Gasteiger partial charge in [0.1, 0.15) is 11.5 Å². The average molecular weight is 350 g/mol. The lowest BCUT2D eigenvalue weighted by atomic mass is 10.2. The molecule has 1 aliphatic rings. The fraction of sp³-hybridized carbons (Fsp3) is 0.353. The van der Waals surface area contributed by atoms with E-state index in [1.807, 2.05) is 0 Å². The Morgan fingerprint density at radius 3 is 2.32 bits per heavy atom. The molecule has 3 rings (SSSR count). The summed E-state index contributed by atoms with van der Waals surface area (Å²) < 4.78 is 39.8. The van der Waals surface area contributed by atoms with Crippen LogP contribution in [0.15, 0.2) is 24.5 Å². The van der Waals surface area contributed by atoms with Crippen LogP contribution in [0.25, 0.3) is 0 Å². The molecule has 2 aromatic rings. The van der Waals surface area contributed by atoms with Gasteiger partial charge in [-0.2, -0.15) is 0 Å². The molecular formula is C17H17F3N4O. The molecule has 5 nitrogen and oxygen atoms in total. The van der Waals surface area contributed by atoms with Crippen LogP contribution in [0.3, 0.4) is 0 Å². The number of carbonyl (C=O) groups excluding carboxylic acids is 1. The van der Waals surface area contributed by atoms with Gasteiger partial charge in [0, 0.05) is 13.1 Å². The second kappa shape index (κ2) is 7.50. The number of anilines is 2. The SMILES string of the molecule is O=C(c1cnc(Nc2ccc(F)c(F)c2F)cn1)N1CCCCCC1. The Hall–Kier alpha value is -2.64. The third kappa shape index (κ3) is 3.89. The number of hydrogen-bond acceptors (Lipinski definition) is 4. The number of carbonyl (C=O) groups is 1. The fourth-order valence-corrected chi connectivity index (χ4v) is 2.70. The summed E-state index contributed by atoms with van der Waals surface area (Å²) in [6, 6.07) is 1.87. The molecule has 0 atom stereocenters. The highest BCUT2D eigenvalue weighted by atomic mass is 19.2. The number of nitrogens with zero attached hydrogens (tertiary/aromatic N) is 3. The van der Waals surface area contributed by atoms with Crippen molar-refractivity contribution >= 4 is 17.4 Å². The van der Waals surface area contributed by atoms with Gasteiger partial charge in [0.05, 0.1) is 18.1 Å². The summed E-state index contributed by atoms with van der Waals surface area (Å²) in [7, 11) is 0. The minimum Gasteiger partial charge on any atom is -0.337 e. The lowest BCUT2D eigenvalue weighted by molar-refractivity contribution is 0.0755. The maximum absolute atomic E-state index is 13.7. The maximum Gasteiger partial charge on any atom is 0.274 e. The van der Waals surface area contributed by atoms with Crippen molar-refractivity contribution in [2.75, 3.05) is 18.4 Å². The van der Waals surface area contributed by atoms with Crippen LogP contribution >= 0.6 is 0 Å². The first kappa shape index (κ1) is 17.2. The second-order valence-electron chi connectivity index (χ2n) is 5.84. The molecule has 1 aromatic heterocycles. The van der Waals surface area contributed by atoms with Crippen LogP contribution in [0, 0.1) is 17.5 Å². The molecule has 0 saturated carbocycles. The van der Waals surface area contributed by atoms with Gasteiger partial charge in [-0.25, -0.2) is 23.1 Å². The normalized spacial score (nSPS) is 14.9. The lowest BCUT2D eigenvalue weighted by Crippen LogP contribution is -2.32. The van der Waals surface area contributed by atoms with Gasteiger partial charge in [-0.15, -0.1) is 0 Å². The molecule has 0 spiro atoms. The van der Waals surface area contributed by atoms with E-state index in [2.05, 4.69) is 15.3 Å². The zero-order chi connectivity index (χ0) is 17.8. The minimum absolute atomic E-state index is 0.123. The molecule has 1 fully saturated rings. The quantitative estimate of drug-likeness (QED) is 0.859. The molecule has 1 aliphatic heterocycles. The number of amides is 1. The topological polar surface area (TPSA) is 58.1 Å². The van der Waals surface area contributed by atoms with Gasteiger partial charge in [0.2, 0.25) is 0 Å². The third-order valence-corrected chi connectivity index (χ3v) is 4.06. The van der Waals surface area contributed by atoms with E-state index in [4.69, 9.17) is 0 Å². The van der Waals surface area contributed by atoms with Gasteiger partial charge >= 0.3 is 0 Å². The van der Waals surface area contributed by atoms with E-state index in [1.165, 1.54) is 12.4 Å². The van der Waals surface area contributed by atoms with Crippen LogP contribution in [0.1, 0.15) is 36.2 Å². The molecule has 8 heteroatoms. The summed E-state index contributed by atoms with van der Waals surface area (Å²) in [5.74, 6) is -4.25. The molecule has 0 bridgehead atoms. The van der Waals surface area contributed by atoms with E-state index in [1.54, 1.807) is 4.90 Å². The maximum atomic E-state index is 13.7. The molecule has 0 unspecified atom stereocenters. The number of likely N-dealkylation sites (tertiary alicyclic amines) is 1. The van der Waals surface area contributed by atoms with Crippen molar-refractivity contribution in [2.45, 2.75) is 25.7 Å². The summed E-state index contributed by atoms with van der Waals surface area (Å²) >= 11 is 0. The highest BCUT2D eigenvalue weighted by Gasteiger charge is 2.19. The van der Waals surface area contributed by atoms with Gasteiger partial charge in [0.25, 0.3) is 5.91 Å². The summed E-state index contributed by atoms with van der Waals surface area (Å²) in [4.78, 5) is 22.2. The van der Waals surface area contributed by atoms with Crippen molar-refractivity contribution in [3.8, 4) is 0 Å². The summed E-state index contributed by atoms with van der Waals surface area (Å²) in [5.41, 5.74) is -0.0713. The van der Waals surface area contributed by atoms with E-state index < -0.39 is 17.5 Å². The smallest absolute Gasteiger partial charge is 0.274 e. The van der Waals surface area contributed by atoms with Crippen LogP contribution in [0.4, 0.5) is 24.7 Å². The Kier molecular flexibility index (Phi) is 5.16. The fourth-order valence-electron chi connectivity index (χ4n) is 2.70. The highest BCUT2D eigenvalue weighted by molar-refractivity contribution is 5.92. The van der Waals surface area contributed by atoms with Crippen LogP contribution < -0.4 is 5.32 Å². The number of halogens is 3. The highest BCUT2D eigenvalue weighted by Crippen LogP contribution is 2.22. The summed E-state index contributed by atoms with van der Waals surface area (Å²) in [5, 5.41) is 2.52. The predicted octanol–water partition coefficient (Wildman–Crippen LogP) is 3.65. The monoisotopic (exact) mass is 350 g/mol. The predicted molar refractivity (Wildman–Crippen MR) is 86.0 cm³/mol. The molecule has 1 saturated heterocycles. The van der Waals surface area contributed by atoms with Crippen molar-refractivity contribution < 1.29 is 18.0 Å². The van der Waals surface area contributed by atoms with Crippen LogP contribution in [0.5, 0.6) is 0 Å². The van der Waals surface area contributed by atoms with Crippen LogP contribution in [-0.4, -0.2) is 33.9 Å². The van der Waals surface area contributed by atoms with E-state index in [0.717, 1.165) is 37.8 Å². The molecule has 0 radical (unpaired) electrons. The van der Waals surface area contributed by atoms with Gasteiger partial charge in [-0.05, 0) is 25.0 Å². The van der Waals surface area contributed by atoms with Gasteiger partial charge in [-0.3, -0.25) is 4.79 Å². The second-order valence-corrected chi connectivity index (χ2v) is 5.84. The van der Waals surface area contributed by atoms with Crippen molar-refractivity contribution in [1.82, 2.24) is 14.9 Å². The Labute approximate surface area is 142 Å². The first-order valence-corrected chi connectivity index (χ1v) is 8.08. The number of benzene rings is 1. The molecule has 0 aliphatic carbocycles. The average Bonchev–Trinajstić information content (AvgIpc) is 2.92. The number of nitrogens with one attached hydrogen (secondary N) is 1. The van der Waals surface area contributed by atoms with Crippen molar-refractivity contribution in [3.05, 3.63) is 47.7 Å². The largest absolute Gasteiger partial charge is 0.337 e. The Balaban J connectivity index is 1.72. The van der Waals surface area contributed by atoms with E-state index >= 15 is 0 Å². The summed E-state index contributed by atoms with van der Waals surface area (Å²) in [6.07, 6.45) is 6.69. The van der Waals surface area contributed by atoms with Gasteiger partial charge in [-0.1, -0.05) is 12.8 Å². The zero-order valence-electron chi connectivity index (χ0n) is 13.4. The van der Waals surface area contributed by atoms with E-state index in [9.17, 15) is 18.0 Å². The van der Waals surface area contributed by atoms with Crippen molar-refractivity contribution in [2.24, 2.45) is 0 Å².